The van der Waals surface area contributed by atoms with E-state index in [-0.39, 0.29) is 29.7 Å². The molecule has 7 nitrogen and oxygen atoms in total. The van der Waals surface area contributed by atoms with Crippen LogP contribution < -0.4 is 15.8 Å². The molecule has 0 aliphatic heterocycles. The lowest BCUT2D eigenvalue weighted by Crippen LogP contribution is -2.60. The van der Waals surface area contributed by atoms with Gasteiger partial charge in [0.15, 0.2) is 0 Å². The second-order valence-corrected chi connectivity index (χ2v) is 11.0. The predicted octanol–water partition coefficient (Wildman–Crippen LogP) is 3.55. The Morgan fingerprint density at radius 2 is 2.00 bits per heavy atom. The molecule has 0 aromatic carbocycles. The molecule has 0 radical (unpaired) electrons. The highest BCUT2D eigenvalue weighted by Crippen LogP contribution is 2.57. The zero-order valence-corrected chi connectivity index (χ0v) is 19.4. The van der Waals surface area contributed by atoms with Gasteiger partial charge in [0.05, 0.1) is 18.2 Å². The third kappa shape index (κ3) is 4.41. The van der Waals surface area contributed by atoms with Crippen LogP contribution in [0.5, 0.6) is 5.88 Å². The van der Waals surface area contributed by atoms with Crippen molar-refractivity contribution in [2.24, 2.45) is 34.8 Å². The predicted molar refractivity (Wildman–Crippen MR) is 120 cm³/mol. The first kappa shape index (κ1) is 22.8. The zero-order chi connectivity index (χ0) is 23.3. The van der Waals surface area contributed by atoms with Crippen molar-refractivity contribution < 1.29 is 18.7 Å². The van der Waals surface area contributed by atoms with Gasteiger partial charge < -0.3 is 15.8 Å². The average Bonchev–Trinajstić information content (AvgIpc) is 3.09. The third-order valence-corrected chi connectivity index (χ3v) is 7.31. The third-order valence-electron chi connectivity index (χ3n) is 7.31. The Morgan fingerprint density at radius 3 is 2.56 bits per heavy atom. The summed E-state index contributed by atoms with van der Waals surface area (Å²) < 4.78 is 22.4. The molecule has 0 saturated heterocycles. The van der Waals surface area contributed by atoms with Gasteiger partial charge in [0.2, 0.25) is 11.8 Å². The molecule has 4 saturated carbocycles. The lowest BCUT2D eigenvalue weighted by atomic mass is 9.53. The number of carbonyl (C=O) groups excluding carboxylic acids is 2. The average molecular weight is 447 g/mol. The number of amides is 2. The van der Waals surface area contributed by atoms with Crippen LogP contribution in [0.2, 0.25) is 0 Å². The van der Waals surface area contributed by atoms with E-state index in [2.05, 4.69) is 10.4 Å². The highest BCUT2D eigenvalue weighted by atomic mass is 19.1. The molecule has 4 aliphatic carbocycles. The van der Waals surface area contributed by atoms with Gasteiger partial charge in [-0.2, -0.15) is 5.10 Å². The highest BCUT2D eigenvalue weighted by Gasteiger charge is 2.56. The van der Waals surface area contributed by atoms with Gasteiger partial charge in [0.25, 0.3) is 5.91 Å². The van der Waals surface area contributed by atoms with Gasteiger partial charge in [-0.25, -0.2) is 9.07 Å². The highest BCUT2D eigenvalue weighted by molar-refractivity contribution is 5.96. The van der Waals surface area contributed by atoms with Crippen LogP contribution in [0.4, 0.5) is 4.39 Å². The number of hydrogen-bond acceptors (Lipinski definition) is 4. The molecule has 1 heterocycles. The molecule has 2 unspecified atom stereocenters. The number of nitrogens with two attached hydrogens (primary N) is 1. The van der Waals surface area contributed by atoms with Crippen LogP contribution in [-0.2, 0) is 4.79 Å². The first-order valence-electron chi connectivity index (χ1n) is 11.7. The maximum atomic E-state index is 15.0. The first-order valence-corrected chi connectivity index (χ1v) is 11.7. The van der Waals surface area contributed by atoms with Crippen LogP contribution in [0.15, 0.2) is 12.3 Å². The summed E-state index contributed by atoms with van der Waals surface area (Å²) in [5, 5.41) is 7.50. The molecule has 32 heavy (non-hydrogen) atoms. The van der Waals surface area contributed by atoms with E-state index in [1.807, 2.05) is 13.8 Å². The summed E-state index contributed by atoms with van der Waals surface area (Å²) in [7, 11) is 0. The molecular weight excluding hydrogens is 411 g/mol. The monoisotopic (exact) mass is 446 g/mol. The number of nitrogens with one attached hydrogen (secondary N) is 1. The summed E-state index contributed by atoms with van der Waals surface area (Å²) in [4.78, 5) is 24.9. The summed E-state index contributed by atoms with van der Waals surface area (Å²) in [6.07, 6.45) is 8.51. The smallest absolute Gasteiger partial charge is 0.258 e. The summed E-state index contributed by atoms with van der Waals surface area (Å²) in [6, 6.07) is -0.00596. The summed E-state index contributed by atoms with van der Waals surface area (Å²) >= 11 is 0. The van der Waals surface area contributed by atoms with Crippen LogP contribution in [-0.4, -0.2) is 39.9 Å². The number of primary amides is 1. The fourth-order valence-corrected chi connectivity index (χ4v) is 5.73. The quantitative estimate of drug-likeness (QED) is 0.638. The van der Waals surface area contributed by atoms with Crippen molar-refractivity contribution in [1.29, 1.82) is 0 Å². The number of carbonyl (C=O) groups is 2. The molecule has 3 N–H and O–H groups in total. The van der Waals surface area contributed by atoms with Gasteiger partial charge in [-0.15, -0.1) is 0 Å². The van der Waals surface area contributed by atoms with E-state index in [0.717, 1.165) is 12.8 Å². The van der Waals surface area contributed by atoms with Gasteiger partial charge >= 0.3 is 0 Å². The number of nitrogens with zero attached hydrogens (tertiary/aromatic N) is 2. The van der Waals surface area contributed by atoms with Crippen LogP contribution >= 0.6 is 0 Å². The van der Waals surface area contributed by atoms with Crippen LogP contribution in [0, 0.1) is 29.1 Å². The van der Waals surface area contributed by atoms with Crippen LogP contribution in [0.25, 0.3) is 6.20 Å². The second-order valence-electron chi connectivity index (χ2n) is 11.0. The SMILES string of the molecule is CC(C)COc1c(C(=O)NC2C3CC4CC2CC(F)(C4)C3)cnn1C=CC(C)(C)C(N)=O. The largest absolute Gasteiger partial charge is 0.477 e. The summed E-state index contributed by atoms with van der Waals surface area (Å²) in [6.45, 7) is 7.88. The molecule has 4 aliphatic rings. The Bertz CT molecular complexity index is 906. The molecule has 8 heteroatoms. The molecule has 2 amide bonds. The molecule has 1 aromatic rings. The first-order chi connectivity index (χ1) is 15.0. The fraction of sp³-hybridized carbons (Fsp3) is 0.708. The standard InChI is InChI=1S/C24H35FN4O3/c1-14(2)13-32-21-18(12-27-29(21)6-5-23(3,4)22(26)31)20(30)28-19-16-7-15-8-17(19)11-24(25,9-15)10-16/h5-6,12,14-17,19H,7-11,13H2,1-4H3,(H2,26,31)(H,28,30). The Morgan fingerprint density at radius 1 is 1.34 bits per heavy atom. The number of halogens is 1. The van der Waals surface area contributed by atoms with Crippen molar-refractivity contribution >= 4 is 18.0 Å². The van der Waals surface area contributed by atoms with Crippen molar-refractivity contribution in [3.05, 3.63) is 17.8 Å². The number of ether oxygens (including phenoxy) is 1. The molecule has 1 aromatic heterocycles. The lowest BCUT2D eigenvalue weighted by molar-refractivity contribution is -0.123. The molecule has 4 bridgehead atoms. The topological polar surface area (TPSA) is 99.2 Å². The van der Waals surface area contributed by atoms with E-state index in [1.54, 1.807) is 26.1 Å². The van der Waals surface area contributed by atoms with Crippen molar-refractivity contribution in [1.82, 2.24) is 15.1 Å². The molecule has 4 fully saturated rings. The Hall–Kier alpha value is -2.38. The van der Waals surface area contributed by atoms with E-state index in [1.165, 1.54) is 10.9 Å². The Balaban J connectivity index is 1.54. The van der Waals surface area contributed by atoms with E-state index in [0.29, 0.717) is 43.2 Å². The maximum absolute atomic E-state index is 15.0. The van der Waals surface area contributed by atoms with Crippen molar-refractivity contribution in [3.63, 3.8) is 0 Å². The number of aromatic nitrogens is 2. The van der Waals surface area contributed by atoms with Crippen molar-refractivity contribution in [2.45, 2.75) is 71.5 Å². The van der Waals surface area contributed by atoms with Gasteiger partial charge in [0, 0.05) is 12.2 Å². The Labute approximate surface area is 188 Å². The minimum absolute atomic E-state index is 0.00596. The van der Waals surface area contributed by atoms with Gasteiger partial charge in [-0.05, 0) is 69.6 Å². The molecular formula is C24H35FN4O3. The minimum atomic E-state index is -1.04. The van der Waals surface area contributed by atoms with Crippen LogP contribution in [0.1, 0.15) is 70.2 Å². The van der Waals surface area contributed by atoms with E-state index in [9.17, 15) is 9.59 Å². The number of alkyl halides is 1. The molecule has 0 spiro atoms. The van der Waals surface area contributed by atoms with E-state index >= 15 is 4.39 Å². The Kier molecular flexibility index (Phi) is 5.84. The summed E-state index contributed by atoms with van der Waals surface area (Å²) in [5.41, 5.74) is 3.89. The fourth-order valence-electron chi connectivity index (χ4n) is 5.73. The zero-order valence-electron chi connectivity index (χ0n) is 19.4. The maximum Gasteiger partial charge on any atom is 0.258 e. The number of rotatable bonds is 8. The molecule has 2 atom stereocenters. The van der Waals surface area contributed by atoms with Crippen molar-refractivity contribution in [2.75, 3.05) is 6.61 Å². The summed E-state index contributed by atoms with van der Waals surface area (Å²) in [5.74, 6) is 0.725. The minimum Gasteiger partial charge on any atom is -0.477 e. The molecule has 176 valence electrons. The lowest BCUT2D eigenvalue weighted by Gasteiger charge is -2.56. The van der Waals surface area contributed by atoms with E-state index in [4.69, 9.17) is 10.5 Å². The van der Waals surface area contributed by atoms with Crippen LogP contribution in [0.3, 0.4) is 0 Å². The molecule has 5 rings (SSSR count). The van der Waals surface area contributed by atoms with Crippen molar-refractivity contribution in [3.8, 4) is 5.88 Å². The normalized spacial score (nSPS) is 31.4. The second kappa shape index (κ2) is 8.19. The number of hydrogen-bond donors (Lipinski definition) is 2. The van der Waals surface area contributed by atoms with Gasteiger partial charge in [-0.3, -0.25) is 9.59 Å². The van der Waals surface area contributed by atoms with E-state index < -0.39 is 17.0 Å². The van der Waals surface area contributed by atoms with Gasteiger partial charge in [0.1, 0.15) is 11.2 Å². The van der Waals surface area contributed by atoms with Gasteiger partial charge in [-0.1, -0.05) is 19.9 Å².